The number of benzene rings is 3. The molecule has 1 fully saturated rings. The third kappa shape index (κ3) is 7.15. The van der Waals surface area contributed by atoms with Crippen LogP contribution in [0.15, 0.2) is 78.9 Å². The highest BCUT2D eigenvalue weighted by Gasteiger charge is 2.30. The van der Waals surface area contributed by atoms with Gasteiger partial charge in [0.15, 0.2) is 0 Å². The van der Waals surface area contributed by atoms with E-state index in [1.165, 1.54) is 12.1 Å². The molecular weight excluding hydrogens is 491 g/mol. The van der Waals surface area contributed by atoms with E-state index in [4.69, 9.17) is 16.3 Å². The van der Waals surface area contributed by atoms with Crippen LogP contribution in [-0.4, -0.2) is 48.6 Å². The standard InChI is InChI=1S/C27H27ClF3N3O2/c28-22-7-4-8-23(19-22)32-26(35)34-17-15-33(16-18-34)14-13-25(20-5-2-1-3-6-20)36-24-11-9-21(10-12-24)27(29,30)31/h1-12,19,25H,13-18H2,(H,32,35). The molecule has 3 aromatic rings. The summed E-state index contributed by atoms with van der Waals surface area (Å²) in [5.74, 6) is 0.388. The van der Waals surface area contributed by atoms with E-state index in [0.717, 1.165) is 24.2 Å². The lowest BCUT2D eigenvalue weighted by Gasteiger charge is -2.35. The number of rotatable bonds is 7. The van der Waals surface area contributed by atoms with E-state index in [1.54, 1.807) is 29.2 Å². The molecular formula is C27H27ClF3N3O2. The Morgan fingerprint density at radius 3 is 2.28 bits per heavy atom. The van der Waals surface area contributed by atoms with Crippen LogP contribution < -0.4 is 10.1 Å². The van der Waals surface area contributed by atoms with Crippen molar-refractivity contribution < 1.29 is 22.7 Å². The highest BCUT2D eigenvalue weighted by atomic mass is 35.5. The van der Waals surface area contributed by atoms with Crippen molar-refractivity contribution in [1.82, 2.24) is 9.80 Å². The molecule has 1 aliphatic rings. The van der Waals surface area contributed by atoms with Crippen LogP contribution in [0.2, 0.25) is 5.02 Å². The number of nitrogens with zero attached hydrogens (tertiary/aromatic N) is 2. The Balaban J connectivity index is 1.31. The first-order valence-electron chi connectivity index (χ1n) is 11.7. The molecule has 0 saturated carbocycles. The SMILES string of the molecule is O=C(Nc1cccc(Cl)c1)N1CCN(CCC(Oc2ccc(C(F)(F)F)cc2)c2ccccc2)CC1. The van der Waals surface area contributed by atoms with Crippen molar-refractivity contribution in [3.05, 3.63) is 95.0 Å². The van der Waals surface area contributed by atoms with Crippen molar-refractivity contribution in [3.63, 3.8) is 0 Å². The zero-order valence-electron chi connectivity index (χ0n) is 19.5. The second-order valence-corrected chi connectivity index (χ2v) is 9.03. The fourth-order valence-electron chi connectivity index (χ4n) is 4.09. The van der Waals surface area contributed by atoms with E-state index in [0.29, 0.717) is 49.1 Å². The van der Waals surface area contributed by atoms with Crippen molar-refractivity contribution in [2.75, 3.05) is 38.0 Å². The van der Waals surface area contributed by atoms with Gasteiger partial charge in [-0.25, -0.2) is 4.79 Å². The van der Waals surface area contributed by atoms with Crippen LogP contribution in [0.25, 0.3) is 0 Å². The number of urea groups is 1. The number of ether oxygens (including phenoxy) is 1. The van der Waals surface area contributed by atoms with Crippen molar-refractivity contribution in [2.45, 2.75) is 18.7 Å². The van der Waals surface area contributed by atoms with Gasteiger partial charge in [0, 0.05) is 49.9 Å². The summed E-state index contributed by atoms with van der Waals surface area (Å²) in [6.07, 6.45) is -4.04. The minimum absolute atomic E-state index is 0.162. The molecule has 0 bridgehead atoms. The van der Waals surface area contributed by atoms with Gasteiger partial charge in [-0.1, -0.05) is 48.0 Å². The lowest BCUT2D eigenvalue weighted by atomic mass is 10.1. The van der Waals surface area contributed by atoms with Gasteiger partial charge in [-0.2, -0.15) is 13.2 Å². The number of amides is 2. The average Bonchev–Trinajstić information content (AvgIpc) is 2.87. The summed E-state index contributed by atoms with van der Waals surface area (Å²) < 4.78 is 44.8. The first kappa shape index (κ1) is 25.9. The second-order valence-electron chi connectivity index (χ2n) is 8.60. The summed E-state index contributed by atoms with van der Waals surface area (Å²) in [5.41, 5.74) is 0.904. The molecule has 1 atom stereocenters. The number of halogens is 4. The van der Waals surface area contributed by atoms with Gasteiger partial charge < -0.3 is 15.0 Å². The van der Waals surface area contributed by atoms with E-state index >= 15 is 0 Å². The topological polar surface area (TPSA) is 44.8 Å². The molecule has 5 nitrogen and oxygen atoms in total. The first-order chi connectivity index (χ1) is 17.3. The maximum atomic E-state index is 12.9. The maximum absolute atomic E-state index is 12.9. The molecule has 0 radical (unpaired) electrons. The fraction of sp³-hybridized carbons (Fsp3) is 0.296. The van der Waals surface area contributed by atoms with Crippen LogP contribution in [0.3, 0.4) is 0 Å². The second kappa shape index (κ2) is 11.7. The first-order valence-corrected chi connectivity index (χ1v) is 12.1. The van der Waals surface area contributed by atoms with Crippen LogP contribution in [-0.2, 0) is 6.18 Å². The quantitative estimate of drug-likeness (QED) is 0.378. The number of carbonyl (C=O) groups is 1. The molecule has 3 aromatic carbocycles. The summed E-state index contributed by atoms with van der Waals surface area (Å²) in [6.45, 7) is 3.32. The number of hydrogen-bond acceptors (Lipinski definition) is 3. The number of anilines is 1. The molecule has 36 heavy (non-hydrogen) atoms. The monoisotopic (exact) mass is 517 g/mol. The Bertz CT molecular complexity index is 1140. The Morgan fingerprint density at radius 2 is 1.64 bits per heavy atom. The number of hydrogen-bond donors (Lipinski definition) is 1. The molecule has 0 aliphatic carbocycles. The van der Waals surface area contributed by atoms with Gasteiger partial charge in [-0.15, -0.1) is 0 Å². The molecule has 0 aromatic heterocycles. The summed E-state index contributed by atoms with van der Waals surface area (Å²) in [6, 6.07) is 21.3. The van der Waals surface area contributed by atoms with Gasteiger partial charge in [0.2, 0.25) is 0 Å². The van der Waals surface area contributed by atoms with Crippen molar-refractivity contribution in [2.24, 2.45) is 0 Å². The predicted molar refractivity (Wildman–Crippen MR) is 134 cm³/mol. The molecule has 9 heteroatoms. The highest BCUT2D eigenvalue weighted by molar-refractivity contribution is 6.30. The van der Waals surface area contributed by atoms with E-state index in [-0.39, 0.29) is 12.1 Å². The Hall–Kier alpha value is -3.23. The summed E-state index contributed by atoms with van der Waals surface area (Å²) in [7, 11) is 0. The average molecular weight is 518 g/mol. The third-order valence-electron chi connectivity index (χ3n) is 6.07. The minimum atomic E-state index is -4.38. The van der Waals surface area contributed by atoms with Gasteiger partial charge in [0.25, 0.3) is 0 Å². The van der Waals surface area contributed by atoms with E-state index < -0.39 is 11.7 Å². The van der Waals surface area contributed by atoms with Crippen LogP contribution in [0.5, 0.6) is 5.75 Å². The molecule has 190 valence electrons. The molecule has 0 spiro atoms. The van der Waals surface area contributed by atoms with Crippen molar-refractivity contribution >= 4 is 23.3 Å². The van der Waals surface area contributed by atoms with Crippen LogP contribution in [0.1, 0.15) is 23.7 Å². The third-order valence-corrected chi connectivity index (χ3v) is 6.31. The van der Waals surface area contributed by atoms with Crippen LogP contribution >= 0.6 is 11.6 Å². The number of piperazine rings is 1. The zero-order chi connectivity index (χ0) is 25.5. The van der Waals surface area contributed by atoms with Crippen molar-refractivity contribution in [3.8, 4) is 5.75 Å². The molecule has 1 unspecified atom stereocenters. The highest BCUT2D eigenvalue weighted by Crippen LogP contribution is 2.32. The lowest BCUT2D eigenvalue weighted by molar-refractivity contribution is -0.137. The van der Waals surface area contributed by atoms with Gasteiger partial charge >= 0.3 is 12.2 Å². The van der Waals surface area contributed by atoms with Gasteiger partial charge in [0.1, 0.15) is 11.9 Å². The molecule has 1 aliphatic heterocycles. The summed E-state index contributed by atoms with van der Waals surface area (Å²) in [5, 5.41) is 3.43. The molecule has 4 rings (SSSR count). The maximum Gasteiger partial charge on any atom is 0.416 e. The number of nitrogens with one attached hydrogen (secondary N) is 1. The largest absolute Gasteiger partial charge is 0.486 e. The fourth-order valence-corrected chi connectivity index (χ4v) is 4.28. The Labute approximate surface area is 213 Å². The molecule has 1 heterocycles. The van der Waals surface area contributed by atoms with Gasteiger partial charge in [0.05, 0.1) is 5.56 Å². The zero-order valence-corrected chi connectivity index (χ0v) is 20.3. The van der Waals surface area contributed by atoms with Crippen LogP contribution in [0.4, 0.5) is 23.7 Å². The van der Waals surface area contributed by atoms with Gasteiger partial charge in [-0.05, 0) is 48.0 Å². The number of alkyl halides is 3. The van der Waals surface area contributed by atoms with E-state index in [1.807, 2.05) is 30.3 Å². The van der Waals surface area contributed by atoms with Gasteiger partial charge in [-0.3, -0.25) is 4.90 Å². The Kier molecular flexibility index (Phi) is 8.38. The predicted octanol–water partition coefficient (Wildman–Crippen LogP) is 6.72. The number of carbonyl (C=O) groups excluding carboxylic acids is 1. The lowest BCUT2D eigenvalue weighted by Crippen LogP contribution is -2.50. The summed E-state index contributed by atoms with van der Waals surface area (Å²) in [4.78, 5) is 16.6. The van der Waals surface area contributed by atoms with Crippen molar-refractivity contribution in [1.29, 1.82) is 0 Å². The molecule has 1 N–H and O–H groups in total. The minimum Gasteiger partial charge on any atom is -0.486 e. The smallest absolute Gasteiger partial charge is 0.416 e. The summed E-state index contributed by atoms with van der Waals surface area (Å²) >= 11 is 5.99. The van der Waals surface area contributed by atoms with Crippen LogP contribution in [0, 0.1) is 0 Å². The van der Waals surface area contributed by atoms with E-state index in [2.05, 4.69) is 10.2 Å². The van der Waals surface area contributed by atoms with E-state index in [9.17, 15) is 18.0 Å². The Morgan fingerprint density at radius 1 is 0.944 bits per heavy atom. The normalized spacial score (nSPS) is 15.4. The molecule has 1 saturated heterocycles. The molecule has 2 amide bonds.